The predicted molar refractivity (Wildman–Crippen MR) is 124 cm³/mol. The molecule has 1 aliphatic carbocycles. The number of nitrogens with one attached hydrogen (secondary N) is 1. The molecule has 6 rings (SSSR count). The van der Waals surface area contributed by atoms with E-state index in [4.69, 9.17) is 0 Å². The van der Waals surface area contributed by atoms with Crippen LogP contribution < -0.4 is 10.2 Å². The third kappa shape index (κ3) is 3.75. The summed E-state index contributed by atoms with van der Waals surface area (Å²) in [6.45, 7) is 4.08. The van der Waals surface area contributed by atoms with Crippen molar-refractivity contribution < 1.29 is 29.4 Å². The number of hydrogen-bond acceptors (Lipinski definition) is 8. The Morgan fingerprint density at radius 3 is 2.34 bits per heavy atom. The topological polar surface area (TPSA) is 130 Å². The van der Waals surface area contributed by atoms with Crippen LogP contribution in [0.3, 0.4) is 0 Å². The van der Waals surface area contributed by atoms with Crippen LogP contribution in [0.2, 0.25) is 0 Å². The van der Waals surface area contributed by atoms with Crippen molar-refractivity contribution in [3.63, 3.8) is 0 Å². The van der Waals surface area contributed by atoms with Gasteiger partial charge in [0.25, 0.3) is 11.8 Å². The van der Waals surface area contributed by atoms with Gasteiger partial charge in [-0.15, -0.1) is 0 Å². The van der Waals surface area contributed by atoms with E-state index in [-0.39, 0.29) is 30.6 Å². The second-order valence-electron chi connectivity index (χ2n) is 10.8. The first-order valence-electron chi connectivity index (χ1n) is 12.4. The molecule has 4 heterocycles. The van der Waals surface area contributed by atoms with E-state index in [0.29, 0.717) is 50.2 Å². The molecule has 1 unspecified atom stereocenters. The molecule has 4 fully saturated rings. The Balaban J connectivity index is 1.10. The van der Waals surface area contributed by atoms with Crippen LogP contribution in [-0.4, -0.2) is 94.6 Å². The number of likely N-dealkylation sites (tertiary alicyclic amines) is 1. The maximum atomic E-state index is 13.1. The van der Waals surface area contributed by atoms with Gasteiger partial charge in [0.2, 0.25) is 11.8 Å². The molecule has 35 heavy (non-hydrogen) atoms. The highest BCUT2D eigenvalue weighted by molar-refractivity contribution is 6.23. The van der Waals surface area contributed by atoms with E-state index in [0.717, 1.165) is 23.7 Å². The molecule has 1 aromatic rings. The van der Waals surface area contributed by atoms with E-state index in [1.165, 1.54) is 0 Å². The summed E-state index contributed by atoms with van der Waals surface area (Å²) < 4.78 is 0. The van der Waals surface area contributed by atoms with E-state index in [1.54, 1.807) is 12.1 Å². The van der Waals surface area contributed by atoms with Gasteiger partial charge in [-0.2, -0.15) is 0 Å². The zero-order chi connectivity index (χ0) is 24.5. The van der Waals surface area contributed by atoms with Gasteiger partial charge in [-0.1, -0.05) is 0 Å². The fourth-order valence-corrected chi connectivity index (χ4v) is 6.55. The number of amides is 4. The van der Waals surface area contributed by atoms with Crippen molar-refractivity contribution in [1.29, 1.82) is 0 Å². The summed E-state index contributed by atoms with van der Waals surface area (Å²) in [5.74, 6) is -0.428. The van der Waals surface area contributed by atoms with Crippen LogP contribution in [0.1, 0.15) is 46.4 Å². The van der Waals surface area contributed by atoms with Crippen molar-refractivity contribution in [2.45, 2.75) is 37.3 Å². The highest BCUT2D eigenvalue weighted by Gasteiger charge is 2.55. The normalized spacial score (nSPS) is 32.1. The third-order valence-corrected chi connectivity index (χ3v) is 8.66. The zero-order valence-electron chi connectivity index (χ0n) is 19.5. The highest BCUT2D eigenvalue weighted by Crippen LogP contribution is 2.51. The fraction of sp³-hybridized carbons (Fsp3) is 0.600. The van der Waals surface area contributed by atoms with Crippen LogP contribution in [0.15, 0.2) is 18.2 Å². The molecule has 5 aliphatic rings. The van der Waals surface area contributed by atoms with Crippen LogP contribution in [0.25, 0.3) is 0 Å². The number of carbonyl (C=O) groups is 4. The number of β-amino-alcohol motifs (C(OH)–C–C–N with tert-alkyl or cyclic N) is 1. The molecule has 0 spiro atoms. The molecule has 1 saturated carbocycles. The number of fused-ring (bicyclic) bond motifs is 2. The lowest BCUT2D eigenvalue weighted by molar-refractivity contribution is -0.136. The van der Waals surface area contributed by atoms with Crippen LogP contribution in [0.5, 0.6) is 0 Å². The molecule has 4 atom stereocenters. The molecular weight excluding hydrogens is 452 g/mol. The van der Waals surface area contributed by atoms with E-state index in [9.17, 15) is 29.4 Å². The van der Waals surface area contributed by atoms with Gasteiger partial charge < -0.3 is 15.1 Å². The van der Waals surface area contributed by atoms with Crippen molar-refractivity contribution in [1.82, 2.24) is 15.1 Å². The van der Waals surface area contributed by atoms with Crippen LogP contribution in [-0.2, 0) is 9.59 Å². The number of carbonyl (C=O) groups excluding carboxylic acids is 4. The first-order chi connectivity index (χ1) is 16.8. The highest BCUT2D eigenvalue weighted by atomic mass is 16.3. The Labute approximate surface area is 202 Å². The molecule has 0 aromatic heterocycles. The van der Waals surface area contributed by atoms with Gasteiger partial charge in [-0.3, -0.25) is 34.3 Å². The van der Waals surface area contributed by atoms with Gasteiger partial charge in [0.05, 0.1) is 16.7 Å². The van der Waals surface area contributed by atoms with Gasteiger partial charge in [0, 0.05) is 51.4 Å². The lowest BCUT2D eigenvalue weighted by Crippen LogP contribution is -2.54. The molecule has 0 radical (unpaired) electrons. The molecule has 3 N–H and O–H groups in total. The predicted octanol–water partition coefficient (Wildman–Crippen LogP) is -0.411. The van der Waals surface area contributed by atoms with E-state index < -0.39 is 35.3 Å². The molecule has 4 amide bonds. The number of aliphatic hydroxyl groups is 2. The molecule has 1 aromatic carbocycles. The summed E-state index contributed by atoms with van der Waals surface area (Å²) in [7, 11) is 0. The molecule has 10 nitrogen and oxygen atoms in total. The third-order valence-electron chi connectivity index (χ3n) is 8.66. The Morgan fingerprint density at radius 1 is 1.00 bits per heavy atom. The Morgan fingerprint density at radius 2 is 1.69 bits per heavy atom. The number of nitrogens with zero attached hydrogens (tertiary/aromatic N) is 3. The lowest BCUT2D eigenvalue weighted by Gasteiger charge is -2.41. The second kappa shape index (κ2) is 8.11. The van der Waals surface area contributed by atoms with Crippen LogP contribution in [0, 0.1) is 17.8 Å². The average Bonchev–Trinajstić information content (AvgIpc) is 3.20. The molecular formula is C25H30N4O6. The summed E-state index contributed by atoms with van der Waals surface area (Å²) in [5.41, 5.74) is 0.594. The van der Waals surface area contributed by atoms with Crippen molar-refractivity contribution in [3.05, 3.63) is 29.3 Å². The van der Waals surface area contributed by atoms with E-state index >= 15 is 0 Å². The number of benzene rings is 1. The number of piperidine rings is 3. The summed E-state index contributed by atoms with van der Waals surface area (Å²) in [6.07, 6.45) is 1.43. The van der Waals surface area contributed by atoms with Gasteiger partial charge in [-0.05, 0) is 55.2 Å². The lowest BCUT2D eigenvalue weighted by atomic mass is 9.90. The van der Waals surface area contributed by atoms with Crippen molar-refractivity contribution in [2.75, 3.05) is 44.2 Å². The number of anilines is 1. The molecule has 10 heteroatoms. The van der Waals surface area contributed by atoms with E-state index in [1.807, 2.05) is 6.07 Å². The van der Waals surface area contributed by atoms with E-state index in [2.05, 4.69) is 15.1 Å². The minimum Gasteiger partial charge on any atom is -0.396 e. The van der Waals surface area contributed by atoms with Gasteiger partial charge in [0.15, 0.2) is 0 Å². The fourth-order valence-electron chi connectivity index (χ4n) is 6.55. The van der Waals surface area contributed by atoms with Gasteiger partial charge in [-0.25, -0.2) is 0 Å². The molecule has 3 saturated heterocycles. The number of hydrogen-bond donors (Lipinski definition) is 3. The molecule has 186 valence electrons. The first-order valence-corrected chi connectivity index (χ1v) is 12.4. The monoisotopic (exact) mass is 482 g/mol. The first kappa shape index (κ1) is 22.6. The average molecular weight is 483 g/mol. The van der Waals surface area contributed by atoms with Gasteiger partial charge in [0.1, 0.15) is 6.04 Å². The summed E-state index contributed by atoms with van der Waals surface area (Å²) in [6, 6.07) is 4.17. The van der Waals surface area contributed by atoms with Crippen molar-refractivity contribution in [2.24, 2.45) is 17.8 Å². The van der Waals surface area contributed by atoms with Crippen LogP contribution >= 0.6 is 0 Å². The Bertz CT molecular complexity index is 1100. The number of aliphatic hydroxyl groups excluding tert-OH is 1. The number of imide groups is 2. The molecule has 0 bridgehead atoms. The summed E-state index contributed by atoms with van der Waals surface area (Å²) in [5, 5.41) is 22.8. The summed E-state index contributed by atoms with van der Waals surface area (Å²) in [4.78, 5) is 55.2. The Kier molecular flexibility index (Phi) is 5.24. The Hall–Kier alpha value is -2.82. The quantitative estimate of drug-likeness (QED) is 0.483. The van der Waals surface area contributed by atoms with Crippen LogP contribution in [0.4, 0.5) is 5.69 Å². The maximum Gasteiger partial charge on any atom is 0.262 e. The minimum absolute atomic E-state index is 0.0898. The maximum absolute atomic E-state index is 13.1. The molecule has 4 aliphatic heterocycles. The van der Waals surface area contributed by atoms with Crippen molar-refractivity contribution in [3.8, 4) is 0 Å². The standard InChI is InChI=1S/C25H30N4O6/c30-12-19-17-10-27(11-18(17)19)13-25(35)5-7-28(8-6-25)14-1-2-15-16(9-14)24(34)29(23(15)33)20-3-4-21(31)26-22(20)32/h1-2,9,17-20,30,35H,3-8,10-13H2,(H,26,31,32)/t17-,18+,19+,20?. The van der Waals surface area contributed by atoms with Crippen molar-refractivity contribution >= 4 is 29.3 Å². The SMILES string of the molecule is O=C1CCC(N2C(=O)c3ccc(N4CCC(O)(CN5C[C@@H]6[C@@H](CO)[C@@H]6C5)CC4)cc3C2=O)C(=O)N1. The smallest absolute Gasteiger partial charge is 0.262 e. The largest absolute Gasteiger partial charge is 0.396 e. The second-order valence-corrected chi connectivity index (χ2v) is 10.8. The van der Waals surface area contributed by atoms with Gasteiger partial charge >= 0.3 is 0 Å². The zero-order valence-corrected chi connectivity index (χ0v) is 19.5. The minimum atomic E-state index is -0.974. The summed E-state index contributed by atoms with van der Waals surface area (Å²) >= 11 is 0. The number of rotatable bonds is 5.